The zero-order valence-electron chi connectivity index (χ0n) is 11.6. The van der Waals surface area contributed by atoms with Gasteiger partial charge in [-0.3, -0.25) is 4.68 Å². The maximum Gasteiger partial charge on any atom is 0.121 e. The molecule has 0 bridgehead atoms. The predicted molar refractivity (Wildman–Crippen MR) is 81.9 cm³/mol. The van der Waals surface area contributed by atoms with E-state index in [1.165, 1.54) is 20.7 Å². The number of thiophene rings is 1. The van der Waals surface area contributed by atoms with Crippen molar-refractivity contribution in [2.24, 2.45) is 7.05 Å². The Hall–Kier alpha value is -1.61. The lowest BCUT2D eigenvalue weighted by Gasteiger charge is -2.09. The minimum absolute atomic E-state index is 0.558. The average Bonchev–Trinajstić information content (AvgIpc) is 2.93. The lowest BCUT2D eigenvalue weighted by atomic mass is 9.97. The van der Waals surface area contributed by atoms with Gasteiger partial charge in [-0.15, -0.1) is 11.3 Å². The zero-order valence-corrected chi connectivity index (χ0v) is 12.4. The summed E-state index contributed by atoms with van der Waals surface area (Å²) in [6.45, 7) is 4.38. The normalized spacial score (nSPS) is 13.0. The molecule has 1 atom stereocenters. The van der Waals surface area contributed by atoms with Gasteiger partial charge in [-0.05, 0) is 30.9 Å². The molecular formula is C16H18N2S. The Balaban J connectivity index is 1.87. The molecule has 0 fully saturated rings. The van der Waals surface area contributed by atoms with Crippen LogP contribution in [-0.2, 0) is 13.5 Å². The Kier molecular flexibility index (Phi) is 3.15. The van der Waals surface area contributed by atoms with E-state index in [4.69, 9.17) is 0 Å². The first kappa shape index (κ1) is 12.4. The largest absolute Gasteiger partial charge is 0.258 e. The summed E-state index contributed by atoms with van der Waals surface area (Å²) in [5.41, 5.74) is 2.54. The summed E-state index contributed by atoms with van der Waals surface area (Å²) in [6.07, 6.45) is 1.10. The molecule has 0 unspecified atom stereocenters. The van der Waals surface area contributed by atoms with Crippen molar-refractivity contribution in [1.29, 1.82) is 0 Å². The molecule has 0 saturated heterocycles. The van der Waals surface area contributed by atoms with Crippen molar-refractivity contribution in [3.8, 4) is 0 Å². The molecular weight excluding hydrogens is 252 g/mol. The van der Waals surface area contributed by atoms with Crippen LogP contribution in [0.25, 0.3) is 10.2 Å². The molecule has 3 rings (SSSR count). The molecule has 0 saturated carbocycles. The van der Waals surface area contributed by atoms with E-state index in [-0.39, 0.29) is 0 Å². The van der Waals surface area contributed by atoms with Gasteiger partial charge in [0.05, 0.1) is 5.69 Å². The van der Waals surface area contributed by atoms with E-state index in [1.54, 1.807) is 0 Å². The minimum atomic E-state index is 0.558. The third kappa shape index (κ3) is 2.30. The number of nitrogens with zero attached hydrogens (tertiary/aromatic N) is 2. The summed E-state index contributed by atoms with van der Waals surface area (Å²) >= 11 is 1.87. The fourth-order valence-electron chi connectivity index (χ4n) is 2.56. The lowest BCUT2D eigenvalue weighted by Crippen LogP contribution is -1.96. The van der Waals surface area contributed by atoms with Crippen molar-refractivity contribution in [3.63, 3.8) is 0 Å². The monoisotopic (exact) mass is 270 g/mol. The van der Waals surface area contributed by atoms with Crippen molar-refractivity contribution < 1.29 is 0 Å². The van der Waals surface area contributed by atoms with E-state index < -0.39 is 0 Å². The van der Waals surface area contributed by atoms with Gasteiger partial charge in [0.1, 0.15) is 4.83 Å². The summed E-state index contributed by atoms with van der Waals surface area (Å²) < 4.78 is 1.99. The second-order valence-corrected chi connectivity index (χ2v) is 6.27. The highest BCUT2D eigenvalue weighted by Gasteiger charge is 2.13. The van der Waals surface area contributed by atoms with E-state index in [1.807, 2.05) is 23.1 Å². The van der Waals surface area contributed by atoms with Gasteiger partial charge in [-0.25, -0.2) is 0 Å². The van der Waals surface area contributed by atoms with Gasteiger partial charge in [0.25, 0.3) is 0 Å². The van der Waals surface area contributed by atoms with Gasteiger partial charge in [-0.2, -0.15) is 5.10 Å². The van der Waals surface area contributed by atoms with Crippen molar-refractivity contribution in [2.75, 3.05) is 0 Å². The molecule has 19 heavy (non-hydrogen) atoms. The first-order chi connectivity index (χ1) is 9.15. The number of hydrogen-bond donors (Lipinski definition) is 0. The maximum atomic E-state index is 4.46. The van der Waals surface area contributed by atoms with Crippen LogP contribution in [0.15, 0.2) is 36.4 Å². The first-order valence-electron chi connectivity index (χ1n) is 6.62. The quantitative estimate of drug-likeness (QED) is 0.694. The number of hydrogen-bond acceptors (Lipinski definition) is 2. The van der Waals surface area contributed by atoms with Crippen LogP contribution in [0.2, 0.25) is 0 Å². The fourth-order valence-corrected chi connectivity index (χ4v) is 3.80. The van der Waals surface area contributed by atoms with Crippen LogP contribution in [0.1, 0.15) is 29.0 Å². The Morgan fingerprint density at radius 1 is 1.26 bits per heavy atom. The summed E-state index contributed by atoms with van der Waals surface area (Å²) in [5, 5.41) is 5.76. The molecule has 2 heterocycles. The van der Waals surface area contributed by atoms with Crippen LogP contribution < -0.4 is 0 Å². The Bertz CT molecular complexity index is 660. The molecule has 2 aromatic heterocycles. The molecule has 0 aliphatic heterocycles. The number of aromatic nitrogens is 2. The van der Waals surface area contributed by atoms with E-state index in [9.17, 15) is 0 Å². The summed E-state index contributed by atoms with van der Waals surface area (Å²) in [6, 6.07) is 13.0. The SMILES string of the molecule is Cc1nn(C)c2sc(C[C@H](C)c3ccccc3)cc12. The molecule has 0 aliphatic carbocycles. The Morgan fingerprint density at radius 3 is 2.68 bits per heavy atom. The van der Waals surface area contributed by atoms with Gasteiger partial charge >= 0.3 is 0 Å². The third-order valence-corrected chi connectivity index (χ3v) is 4.85. The Morgan fingerprint density at radius 2 is 2.00 bits per heavy atom. The molecule has 3 heteroatoms. The highest BCUT2D eigenvalue weighted by Crippen LogP contribution is 2.31. The van der Waals surface area contributed by atoms with Gasteiger partial charge < -0.3 is 0 Å². The summed E-state index contributed by atoms with van der Waals surface area (Å²) in [7, 11) is 2.02. The lowest BCUT2D eigenvalue weighted by molar-refractivity contribution is 0.768. The van der Waals surface area contributed by atoms with Crippen molar-refractivity contribution >= 4 is 21.6 Å². The third-order valence-electron chi connectivity index (χ3n) is 3.62. The maximum absolute atomic E-state index is 4.46. The van der Waals surface area contributed by atoms with E-state index in [2.05, 4.69) is 55.3 Å². The molecule has 0 amide bonds. The fraction of sp³-hybridized carbons (Fsp3) is 0.312. The van der Waals surface area contributed by atoms with Crippen molar-refractivity contribution in [1.82, 2.24) is 9.78 Å². The van der Waals surface area contributed by atoms with Gasteiger partial charge in [0, 0.05) is 17.3 Å². The van der Waals surface area contributed by atoms with Crippen LogP contribution >= 0.6 is 11.3 Å². The van der Waals surface area contributed by atoms with Gasteiger partial charge in [0.2, 0.25) is 0 Å². The molecule has 3 aromatic rings. The van der Waals surface area contributed by atoms with Crippen molar-refractivity contribution in [2.45, 2.75) is 26.2 Å². The molecule has 0 radical (unpaired) electrons. The number of aryl methyl sites for hydroxylation is 2. The topological polar surface area (TPSA) is 17.8 Å². The average molecular weight is 270 g/mol. The van der Waals surface area contributed by atoms with Crippen molar-refractivity contribution in [3.05, 3.63) is 52.5 Å². The second kappa shape index (κ2) is 4.82. The number of fused-ring (bicyclic) bond motifs is 1. The standard InChI is InChI=1S/C16H18N2S/c1-11(13-7-5-4-6-8-13)9-14-10-15-12(2)17-18(3)16(15)19-14/h4-8,10-11H,9H2,1-3H3/t11-/m0/s1. The van der Waals surface area contributed by atoms with Crippen LogP contribution in [0.5, 0.6) is 0 Å². The van der Waals surface area contributed by atoms with Crippen LogP contribution in [0.3, 0.4) is 0 Å². The molecule has 98 valence electrons. The minimum Gasteiger partial charge on any atom is -0.258 e. The smallest absolute Gasteiger partial charge is 0.121 e. The molecule has 0 aliphatic rings. The zero-order chi connectivity index (χ0) is 13.4. The van der Waals surface area contributed by atoms with Crippen LogP contribution in [0.4, 0.5) is 0 Å². The summed E-state index contributed by atoms with van der Waals surface area (Å²) in [4.78, 5) is 2.73. The second-order valence-electron chi connectivity index (χ2n) is 5.16. The Labute approximate surface area is 117 Å². The first-order valence-corrected chi connectivity index (χ1v) is 7.44. The molecule has 0 N–H and O–H groups in total. The number of rotatable bonds is 3. The van der Waals surface area contributed by atoms with Crippen LogP contribution in [0, 0.1) is 6.92 Å². The van der Waals surface area contributed by atoms with E-state index >= 15 is 0 Å². The molecule has 2 nitrogen and oxygen atoms in total. The number of benzene rings is 1. The molecule has 1 aromatic carbocycles. The van der Waals surface area contributed by atoms with E-state index in [0.717, 1.165) is 12.1 Å². The van der Waals surface area contributed by atoms with E-state index in [0.29, 0.717) is 5.92 Å². The molecule has 0 spiro atoms. The summed E-state index contributed by atoms with van der Waals surface area (Å²) in [5.74, 6) is 0.558. The highest BCUT2D eigenvalue weighted by atomic mass is 32.1. The van der Waals surface area contributed by atoms with Crippen LogP contribution in [-0.4, -0.2) is 9.78 Å². The highest BCUT2D eigenvalue weighted by molar-refractivity contribution is 7.18. The van der Waals surface area contributed by atoms with Gasteiger partial charge in [0.15, 0.2) is 0 Å². The predicted octanol–water partition coefficient (Wildman–Crippen LogP) is 4.29. The van der Waals surface area contributed by atoms with Gasteiger partial charge in [-0.1, -0.05) is 37.3 Å².